The summed E-state index contributed by atoms with van der Waals surface area (Å²) in [6, 6.07) is 23.9. The Bertz CT molecular complexity index is 1300. The fourth-order valence-corrected chi connectivity index (χ4v) is 5.82. The number of aliphatic hydroxyl groups excluding tert-OH is 1. The second-order valence-electron chi connectivity index (χ2n) is 9.94. The molecule has 0 saturated carbocycles. The number of rotatable bonds is 6. The van der Waals surface area contributed by atoms with Crippen molar-refractivity contribution in [3.8, 4) is 5.75 Å². The number of nitrogens with zero attached hydrogens (tertiary/aromatic N) is 5. The average Bonchev–Trinajstić information content (AvgIpc) is 3.21. The predicted molar refractivity (Wildman–Crippen MR) is 140 cm³/mol. The molecule has 1 aliphatic heterocycles. The van der Waals surface area contributed by atoms with Crippen LogP contribution in [0.3, 0.4) is 0 Å². The summed E-state index contributed by atoms with van der Waals surface area (Å²) in [6.07, 6.45) is 1.63. The number of hydrogen-bond donors (Lipinski definition) is 1. The van der Waals surface area contributed by atoms with Crippen LogP contribution in [0.4, 0.5) is 0 Å². The molecule has 1 aliphatic carbocycles. The Morgan fingerprint density at radius 2 is 1.56 bits per heavy atom. The van der Waals surface area contributed by atoms with Crippen LogP contribution in [0.1, 0.15) is 28.3 Å². The molecule has 4 aromatic rings. The summed E-state index contributed by atoms with van der Waals surface area (Å²) in [5, 5.41) is 19.0. The zero-order valence-electron chi connectivity index (χ0n) is 20.8. The zero-order chi connectivity index (χ0) is 24.5. The van der Waals surface area contributed by atoms with Crippen molar-refractivity contribution in [3.05, 3.63) is 89.0 Å². The maximum absolute atomic E-state index is 10.7. The molecule has 0 spiro atoms. The quantitative estimate of drug-likeness (QED) is 0.454. The summed E-state index contributed by atoms with van der Waals surface area (Å²) >= 11 is 0. The number of aryl methyl sites for hydroxylation is 3. The number of fused-ring (bicyclic) bond motifs is 3. The molecule has 2 aliphatic rings. The summed E-state index contributed by atoms with van der Waals surface area (Å²) < 4.78 is 7.69. The van der Waals surface area contributed by atoms with Crippen molar-refractivity contribution in [1.29, 1.82) is 0 Å². The number of para-hydroxylation sites is 1. The van der Waals surface area contributed by atoms with Crippen LogP contribution in [0, 0.1) is 0 Å². The number of piperazine rings is 1. The molecule has 1 unspecified atom stereocenters. The molecule has 6 rings (SSSR count). The van der Waals surface area contributed by atoms with E-state index in [1.165, 1.54) is 22.3 Å². The van der Waals surface area contributed by atoms with Crippen LogP contribution in [-0.4, -0.2) is 75.3 Å². The third-order valence-corrected chi connectivity index (χ3v) is 7.62. The lowest BCUT2D eigenvalue weighted by Crippen LogP contribution is -2.50. The predicted octanol–water partition coefficient (Wildman–Crippen LogP) is 3.21. The SMILES string of the molecule is Cn1nnc2cccc(OCC(O)CN3CCN(C4c5ccccc5CCc5ccccc54)CC3)c21. The van der Waals surface area contributed by atoms with Gasteiger partial charge in [-0.1, -0.05) is 59.8 Å². The zero-order valence-corrected chi connectivity index (χ0v) is 20.8. The van der Waals surface area contributed by atoms with Crippen LogP contribution in [-0.2, 0) is 19.9 Å². The second kappa shape index (κ2) is 10.0. The van der Waals surface area contributed by atoms with E-state index < -0.39 is 6.10 Å². The van der Waals surface area contributed by atoms with E-state index in [1.54, 1.807) is 4.68 Å². The number of aliphatic hydroxyl groups is 1. The molecule has 1 saturated heterocycles. The van der Waals surface area contributed by atoms with Crippen LogP contribution in [0.5, 0.6) is 5.75 Å². The molecule has 7 nitrogen and oxygen atoms in total. The first-order chi connectivity index (χ1) is 17.7. The van der Waals surface area contributed by atoms with Crippen molar-refractivity contribution in [2.24, 2.45) is 7.05 Å². The molecule has 1 atom stereocenters. The van der Waals surface area contributed by atoms with Crippen LogP contribution in [0.2, 0.25) is 0 Å². The highest BCUT2D eigenvalue weighted by molar-refractivity contribution is 5.81. The van der Waals surface area contributed by atoms with Crippen LogP contribution >= 0.6 is 0 Å². The van der Waals surface area contributed by atoms with E-state index >= 15 is 0 Å². The Morgan fingerprint density at radius 1 is 0.889 bits per heavy atom. The lowest BCUT2D eigenvalue weighted by molar-refractivity contribution is 0.0403. The highest BCUT2D eigenvalue weighted by Crippen LogP contribution is 2.37. The van der Waals surface area contributed by atoms with Gasteiger partial charge < -0.3 is 9.84 Å². The topological polar surface area (TPSA) is 66.7 Å². The van der Waals surface area contributed by atoms with Gasteiger partial charge in [0.15, 0.2) is 0 Å². The molecule has 36 heavy (non-hydrogen) atoms. The Balaban J connectivity index is 1.10. The van der Waals surface area contributed by atoms with Crippen molar-refractivity contribution in [2.45, 2.75) is 25.0 Å². The second-order valence-corrected chi connectivity index (χ2v) is 9.94. The number of ether oxygens (including phenoxy) is 1. The van der Waals surface area contributed by atoms with E-state index in [2.05, 4.69) is 68.6 Å². The normalized spacial score (nSPS) is 17.9. The van der Waals surface area contributed by atoms with E-state index in [9.17, 15) is 5.11 Å². The standard InChI is InChI=1S/C29H33N5O2/c1-32-29-26(30-31-32)11-6-12-27(29)36-20-23(35)19-33-15-17-34(18-16-33)28-24-9-4-2-7-21(24)13-14-22-8-3-5-10-25(22)28/h2-12,23,28,35H,13-20H2,1H3. The molecule has 0 radical (unpaired) electrons. The minimum absolute atomic E-state index is 0.244. The van der Waals surface area contributed by atoms with Gasteiger partial charge in [-0.2, -0.15) is 0 Å². The van der Waals surface area contributed by atoms with Crippen molar-refractivity contribution in [3.63, 3.8) is 0 Å². The van der Waals surface area contributed by atoms with Gasteiger partial charge in [-0.3, -0.25) is 9.80 Å². The number of β-amino-alcohol motifs (C(OH)–C–C–N with tert-alkyl or cyclic N) is 1. The summed E-state index contributed by atoms with van der Waals surface area (Å²) in [6.45, 7) is 4.65. The molecule has 7 heteroatoms. The average molecular weight is 484 g/mol. The molecule has 186 valence electrons. The minimum atomic E-state index is -0.563. The molecule has 1 fully saturated rings. The number of aromatic nitrogens is 3. The van der Waals surface area contributed by atoms with Gasteiger partial charge in [0.2, 0.25) is 0 Å². The molecular formula is C29H33N5O2. The summed E-state index contributed by atoms with van der Waals surface area (Å²) in [5.74, 6) is 0.703. The van der Waals surface area contributed by atoms with Gasteiger partial charge in [0.25, 0.3) is 0 Å². The van der Waals surface area contributed by atoms with Gasteiger partial charge in [-0.25, -0.2) is 4.68 Å². The van der Waals surface area contributed by atoms with Crippen molar-refractivity contribution in [2.75, 3.05) is 39.3 Å². The van der Waals surface area contributed by atoms with Crippen LogP contribution in [0.15, 0.2) is 66.7 Å². The number of hydrogen-bond acceptors (Lipinski definition) is 6. The smallest absolute Gasteiger partial charge is 0.147 e. The summed E-state index contributed by atoms with van der Waals surface area (Å²) in [7, 11) is 1.85. The van der Waals surface area contributed by atoms with Gasteiger partial charge in [0, 0.05) is 39.8 Å². The minimum Gasteiger partial charge on any atom is -0.489 e. The molecule has 1 aromatic heterocycles. The summed E-state index contributed by atoms with van der Waals surface area (Å²) in [4.78, 5) is 4.98. The van der Waals surface area contributed by atoms with Gasteiger partial charge in [0.05, 0.1) is 6.04 Å². The first kappa shape index (κ1) is 23.2. The fourth-order valence-electron chi connectivity index (χ4n) is 5.82. The highest BCUT2D eigenvalue weighted by atomic mass is 16.5. The van der Waals surface area contributed by atoms with Crippen molar-refractivity contribution in [1.82, 2.24) is 24.8 Å². The molecule has 3 aromatic carbocycles. The molecule has 0 bridgehead atoms. The third kappa shape index (κ3) is 4.50. The van der Waals surface area contributed by atoms with Crippen LogP contribution < -0.4 is 4.74 Å². The lowest BCUT2D eigenvalue weighted by Gasteiger charge is -2.40. The molecule has 0 amide bonds. The van der Waals surface area contributed by atoms with E-state index in [0.717, 1.165) is 50.1 Å². The maximum Gasteiger partial charge on any atom is 0.147 e. The third-order valence-electron chi connectivity index (χ3n) is 7.62. The Labute approximate surface area is 211 Å². The Kier molecular flexibility index (Phi) is 6.44. The van der Waals surface area contributed by atoms with E-state index in [-0.39, 0.29) is 6.61 Å². The van der Waals surface area contributed by atoms with Gasteiger partial charge in [0.1, 0.15) is 29.5 Å². The van der Waals surface area contributed by atoms with E-state index in [0.29, 0.717) is 18.3 Å². The van der Waals surface area contributed by atoms with E-state index in [1.807, 2.05) is 25.2 Å². The van der Waals surface area contributed by atoms with Gasteiger partial charge >= 0.3 is 0 Å². The first-order valence-corrected chi connectivity index (χ1v) is 12.9. The van der Waals surface area contributed by atoms with Gasteiger partial charge in [-0.05, 0) is 47.2 Å². The molecule has 1 N–H and O–H groups in total. The fraction of sp³-hybridized carbons (Fsp3) is 0.379. The van der Waals surface area contributed by atoms with Crippen molar-refractivity contribution >= 4 is 11.0 Å². The largest absolute Gasteiger partial charge is 0.489 e. The van der Waals surface area contributed by atoms with Crippen molar-refractivity contribution < 1.29 is 9.84 Å². The first-order valence-electron chi connectivity index (χ1n) is 12.9. The monoisotopic (exact) mass is 483 g/mol. The Morgan fingerprint density at radius 3 is 2.25 bits per heavy atom. The van der Waals surface area contributed by atoms with Crippen LogP contribution in [0.25, 0.3) is 11.0 Å². The number of benzene rings is 3. The molecule has 2 heterocycles. The van der Waals surface area contributed by atoms with Gasteiger partial charge in [-0.15, -0.1) is 5.10 Å². The van der Waals surface area contributed by atoms with E-state index in [4.69, 9.17) is 4.74 Å². The maximum atomic E-state index is 10.7. The molecular weight excluding hydrogens is 450 g/mol. The lowest BCUT2D eigenvalue weighted by atomic mass is 9.92. The Hall–Kier alpha value is -3.26. The summed E-state index contributed by atoms with van der Waals surface area (Å²) in [5.41, 5.74) is 7.47. The highest BCUT2D eigenvalue weighted by Gasteiger charge is 2.31.